The van der Waals surface area contributed by atoms with Crippen molar-refractivity contribution in [2.24, 2.45) is 0 Å². The average Bonchev–Trinajstić information content (AvgIpc) is 3.23. The van der Waals surface area contributed by atoms with E-state index >= 15 is 0 Å². The number of allylic oxidation sites excluding steroid dienone is 2. The molecule has 8 nitrogen and oxygen atoms in total. The Balaban J connectivity index is 4.20. The molecule has 0 spiro atoms. The van der Waals surface area contributed by atoms with Gasteiger partial charge in [0.05, 0.1) is 39.9 Å². The van der Waals surface area contributed by atoms with Gasteiger partial charge in [-0.25, -0.2) is 0 Å². The van der Waals surface area contributed by atoms with Gasteiger partial charge in [0, 0.05) is 6.42 Å². The summed E-state index contributed by atoms with van der Waals surface area (Å²) >= 11 is 0. The van der Waals surface area contributed by atoms with Crippen LogP contribution in [-0.4, -0.2) is 68.5 Å². The second-order valence-electron chi connectivity index (χ2n) is 19.9. The molecule has 0 radical (unpaired) electrons. The summed E-state index contributed by atoms with van der Waals surface area (Å²) in [5, 5.41) is 14.0. The van der Waals surface area contributed by atoms with Crippen LogP contribution in [-0.2, 0) is 18.4 Å². The predicted octanol–water partition coefficient (Wildman–Crippen LogP) is 15.2. The molecule has 0 aromatic rings. The van der Waals surface area contributed by atoms with Crippen LogP contribution in [0, 0.1) is 0 Å². The molecule has 0 aromatic heterocycles. The van der Waals surface area contributed by atoms with E-state index in [1.54, 1.807) is 0 Å². The van der Waals surface area contributed by atoms with Crippen molar-refractivity contribution in [3.8, 4) is 0 Å². The maximum Gasteiger partial charge on any atom is 0.268 e. The summed E-state index contributed by atoms with van der Waals surface area (Å²) in [7, 11) is 1.31. The number of amides is 1. The van der Waals surface area contributed by atoms with E-state index in [9.17, 15) is 19.4 Å². The van der Waals surface area contributed by atoms with Gasteiger partial charge in [-0.3, -0.25) is 9.36 Å². The zero-order valence-corrected chi connectivity index (χ0v) is 43.0. The van der Waals surface area contributed by atoms with Gasteiger partial charge < -0.3 is 28.8 Å². The van der Waals surface area contributed by atoms with E-state index in [4.69, 9.17) is 9.05 Å². The van der Waals surface area contributed by atoms with E-state index in [0.29, 0.717) is 23.9 Å². The van der Waals surface area contributed by atoms with Crippen LogP contribution in [0.2, 0.25) is 0 Å². The second-order valence-corrected chi connectivity index (χ2v) is 21.4. The number of phosphoric ester groups is 1. The zero-order valence-electron chi connectivity index (χ0n) is 42.1. The Labute approximate surface area is 386 Å². The molecule has 0 aliphatic carbocycles. The highest BCUT2D eigenvalue weighted by atomic mass is 31.2. The first-order valence-corrected chi connectivity index (χ1v) is 28.5. The first-order valence-electron chi connectivity index (χ1n) is 27.0. The first-order chi connectivity index (χ1) is 30.0. The molecule has 0 saturated heterocycles. The standard InChI is InChI=1S/C53H107N2O6P/c1-6-8-10-12-14-16-18-20-22-24-26-27-28-29-30-32-34-36-38-40-42-44-46-52(56)51(50-61-62(58,59)60-49-48-55(3,4)5)54-53(57)47-45-43-41-39-37-35-33-31-25-23-21-19-17-15-13-11-9-7-2/h23,25,51-52,56H,6-22,24,26-50H2,1-5H3,(H-,54,57,58,59)/b25-23-. The van der Waals surface area contributed by atoms with Crippen molar-refractivity contribution >= 4 is 13.7 Å². The van der Waals surface area contributed by atoms with Gasteiger partial charge in [-0.05, 0) is 38.5 Å². The molecule has 2 N–H and O–H groups in total. The maximum absolute atomic E-state index is 12.9. The Morgan fingerprint density at radius 2 is 0.887 bits per heavy atom. The van der Waals surface area contributed by atoms with Gasteiger partial charge >= 0.3 is 0 Å². The van der Waals surface area contributed by atoms with Gasteiger partial charge in [0.15, 0.2) is 0 Å². The minimum Gasteiger partial charge on any atom is -0.756 e. The molecular weight excluding hydrogens is 792 g/mol. The number of carbonyl (C=O) groups is 1. The maximum atomic E-state index is 12.9. The fourth-order valence-corrected chi connectivity index (χ4v) is 8.94. The highest BCUT2D eigenvalue weighted by molar-refractivity contribution is 7.45. The topological polar surface area (TPSA) is 108 Å². The Kier molecular flexibility index (Phi) is 44.8. The molecule has 0 bridgehead atoms. The summed E-state index contributed by atoms with van der Waals surface area (Å²) < 4.78 is 23.4. The number of carbonyl (C=O) groups excluding carboxylic acids is 1. The van der Waals surface area contributed by atoms with Crippen LogP contribution < -0.4 is 10.2 Å². The fraction of sp³-hybridized carbons (Fsp3) is 0.943. The number of rotatable bonds is 50. The molecule has 0 fully saturated rings. The van der Waals surface area contributed by atoms with Gasteiger partial charge in [0.2, 0.25) is 5.91 Å². The summed E-state index contributed by atoms with van der Waals surface area (Å²) in [5.74, 6) is -0.165. The van der Waals surface area contributed by atoms with Crippen molar-refractivity contribution in [3.63, 3.8) is 0 Å². The monoisotopic (exact) mass is 899 g/mol. The minimum absolute atomic E-state index is 0.0136. The summed E-state index contributed by atoms with van der Waals surface area (Å²) in [6.07, 6.45) is 53.7. The van der Waals surface area contributed by atoms with Crippen molar-refractivity contribution in [1.82, 2.24) is 5.32 Å². The third-order valence-electron chi connectivity index (χ3n) is 12.5. The molecule has 0 rings (SSSR count). The van der Waals surface area contributed by atoms with E-state index in [1.807, 2.05) is 21.1 Å². The van der Waals surface area contributed by atoms with Crippen molar-refractivity contribution in [3.05, 3.63) is 12.2 Å². The number of phosphoric acid groups is 1. The third-order valence-corrected chi connectivity index (χ3v) is 13.5. The number of hydrogen-bond donors (Lipinski definition) is 2. The number of unbranched alkanes of at least 4 members (excludes halogenated alkanes) is 35. The Morgan fingerprint density at radius 1 is 0.548 bits per heavy atom. The minimum atomic E-state index is -4.57. The van der Waals surface area contributed by atoms with Gasteiger partial charge in [0.25, 0.3) is 7.82 Å². The van der Waals surface area contributed by atoms with Crippen molar-refractivity contribution < 1.29 is 32.9 Å². The molecule has 0 saturated carbocycles. The number of nitrogens with zero attached hydrogens (tertiary/aromatic N) is 1. The normalized spacial score (nSPS) is 14.1. The van der Waals surface area contributed by atoms with Gasteiger partial charge in [-0.1, -0.05) is 238 Å². The smallest absolute Gasteiger partial charge is 0.268 e. The van der Waals surface area contributed by atoms with Gasteiger partial charge in [-0.2, -0.15) is 0 Å². The summed E-state index contributed by atoms with van der Waals surface area (Å²) in [4.78, 5) is 25.5. The zero-order chi connectivity index (χ0) is 45.7. The Bertz CT molecular complexity index is 1020. The third kappa shape index (κ3) is 47.2. The fourth-order valence-electron chi connectivity index (χ4n) is 8.21. The molecule has 0 aliphatic rings. The number of hydrogen-bond acceptors (Lipinski definition) is 6. The van der Waals surface area contributed by atoms with E-state index in [0.717, 1.165) is 38.5 Å². The lowest BCUT2D eigenvalue weighted by atomic mass is 10.0. The van der Waals surface area contributed by atoms with Crippen LogP contribution >= 0.6 is 7.82 Å². The Morgan fingerprint density at radius 3 is 1.26 bits per heavy atom. The molecular formula is C53H107N2O6P. The number of nitrogens with one attached hydrogen (secondary N) is 1. The van der Waals surface area contributed by atoms with Crippen LogP contribution in [0.5, 0.6) is 0 Å². The SMILES string of the molecule is CCCCCCCCC/C=C\CCCCCCCCCC(=O)NC(COP(=O)([O-])OCC[N+](C)(C)C)C(O)CCCCCCCCCCCCCCCCCCCCCCCC. The van der Waals surface area contributed by atoms with Crippen molar-refractivity contribution in [2.45, 2.75) is 283 Å². The van der Waals surface area contributed by atoms with Crippen LogP contribution in [0.3, 0.4) is 0 Å². The lowest BCUT2D eigenvalue weighted by Gasteiger charge is -2.30. The highest BCUT2D eigenvalue weighted by Crippen LogP contribution is 2.38. The van der Waals surface area contributed by atoms with Crippen LogP contribution in [0.15, 0.2) is 12.2 Å². The molecule has 0 aliphatic heterocycles. The molecule has 1 amide bonds. The Hall–Kier alpha value is -0.760. The average molecular weight is 899 g/mol. The van der Waals surface area contributed by atoms with Crippen molar-refractivity contribution in [2.75, 3.05) is 40.9 Å². The summed E-state index contributed by atoms with van der Waals surface area (Å²) in [5.41, 5.74) is 0. The molecule has 9 heteroatoms. The predicted molar refractivity (Wildman–Crippen MR) is 266 cm³/mol. The van der Waals surface area contributed by atoms with E-state index < -0.39 is 20.0 Å². The number of quaternary nitrogens is 1. The van der Waals surface area contributed by atoms with Crippen LogP contribution in [0.4, 0.5) is 0 Å². The van der Waals surface area contributed by atoms with E-state index in [2.05, 4.69) is 31.3 Å². The summed E-state index contributed by atoms with van der Waals surface area (Å²) in [6, 6.07) is -0.800. The van der Waals surface area contributed by atoms with Crippen molar-refractivity contribution in [1.29, 1.82) is 0 Å². The molecule has 3 atom stereocenters. The number of aliphatic hydroxyl groups excluding tert-OH is 1. The molecule has 3 unspecified atom stereocenters. The highest BCUT2D eigenvalue weighted by Gasteiger charge is 2.24. The summed E-state index contributed by atoms with van der Waals surface area (Å²) in [6.45, 7) is 4.75. The molecule has 0 heterocycles. The van der Waals surface area contributed by atoms with Gasteiger partial charge in [-0.15, -0.1) is 0 Å². The van der Waals surface area contributed by atoms with Crippen LogP contribution in [0.1, 0.15) is 271 Å². The largest absolute Gasteiger partial charge is 0.756 e. The van der Waals surface area contributed by atoms with Gasteiger partial charge in [0.1, 0.15) is 13.2 Å². The van der Waals surface area contributed by atoms with Crippen LogP contribution in [0.25, 0.3) is 0 Å². The molecule has 62 heavy (non-hydrogen) atoms. The van der Waals surface area contributed by atoms with E-state index in [-0.39, 0.29) is 19.1 Å². The number of likely N-dealkylation sites (N-methyl/N-ethyl adjacent to an activating group) is 1. The quantitative estimate of drug-likeness (QED) is 0.0272. The number of aliphatic hydroxyl groups is 1. The first kappa shape index (κ1) is 61.2. The molecule has 0 aromatic carbocycles. The molecule has 370 valence electrons. The lowest BCUT2D eigenvalue weighted by molar-refractivity contribution is -0.870. The van der Waals surface area contributed by atoms with E-state index in [1.165, 1.54) is 205 Å². The lowest BCUT2D eigenvalue weighted by Crippen LogP contribution is -2.46. The second kappa shape index (κ2) is 45.4.